The van der Waals surface area contributed by atoms with Crippen molar-refractivity contribution in [1.82, 2.24) is 20.4 Å². The first-order valence-electron chi connectivity index (χ1n) is 12.0. The molecule has 174 valence electrons. The molecule has 4 amide bonds. The fourth-order valence-corrected chi connectivity index (χ4v) is 5.34. The number of nitrogens with zero attached hydrogens (tertiary/aromatic N) is 3. The Morgan fingerprint density at radius 1 is 1.06 bits per heavy atom. The summed E-state index contributed by atoms with van der Waals surface area (Å²) < 4.78 is 0. The van der Waals surface area contributed by atoms with Crippen LogP contribution >= 0.6 is 0 Å². The van der Waals surface area contributed by atoms with Crippen LogP contribution < -0.4 is 15.5 Å². The van der Waals surface area contributed by atoms with E-state index in [4.69, 9.17) is 0 Å². The number of likely N-dealkylation sites (N-methyl/N-ethyl adjacent to an activating group) is 1. The Hall–Kier alpha value is -2.77. The van der Waals surface area contributed by atoms with Gasteiger partial charge in [-0.05, 0) is 44.7 Å². The minimum atomic E-state index is -0.713. The minimum absolute atomic E-state index is 0.0114. The first-order valence-corrected chi connectivity index (χ1v) is 12.0. The molecule has 3 aliphatic rings. The van der Waals surface area contributed by atoms with Crippen molar-refractivity contribution in [1.29, 1.82) is 0 Å². The van der Waals surface area contributed by atoms with Crippen LogP contribution in [0.2, 0.25) is 0 Å². The maximum Gasteiger partial charge on any atom is 0.317 e. The number of anilines is 1. The van der Waals surface area contributed by atoms with Gasteiger partial charge in [0, 0.05) is 31.4 Å². The molecule has 1 saturated carbocycles. The van der Waals surface area contributed by atoms with Crippen LogP contribution in [-0.4, -0.2) is 72.1 Å². The van der Waals surface area contributed by atoms with Gasteiger partial charge in [-0.1, -0.05) is 37.5 Å². The van der Waals surface area contributed by atoms with E-state index < -0.39 is 5.54 Å². The van der Waals surface area contributed by atoms with Crippen molar-refractivity contribution in [2.24, 2.45) is 0 Å². The number of carbonyl (C=O) groups excluding carboxylic acids is 3. The van der Waals surface area contributed by atoms with E-state index in [0.29, 0.717) is 39.1 Å². The van der Waals surface area contributed by atoms with E-state index in [-0.39, 0.29) is 30.4 Å². The molecule has 32 heavy (non-hydrogen) atoms. The molecule has 0 atom stereocenters. The molecule has 1 spiro atoms. The molecule has 0 aromatic heterocycles. The highest BCUT2D eigenvalue weighted by Gasteiger charge is 2.54. The summed E-state index contributed by atoms with van der Waals surface area (Å²) in [6.07, 6.45) is 6.83. The normalized spacial score (nSPS) is 21.2. The largest absolute Gasteiger partial charge is 0.355 e. The van der Waals surface area contributed by atoms with Crippen molar-refractivity contribution in [3.63, 3.8) is 0 Å². The number of carbonyl (C=O) groups is 3. The monoisotopic (exact) mass is 441 g/mol. The Morgan fingerprint density at radius 2 is 1.75 bits per heavy atom. The number of amides is 4. The lowest BCUT2D eigenvalue weighted by molar-refractivity contribution is -0.137. The third-order valence-corrected chi connectivity index (χ3v) is 7.10. The molecule has 1 aromatic rings. The molecule has 2 saturated heterocycles. The minimum Gasteiger partial charge on any atom is -0.355 e. The molecular weight excluding hydrogens is 406 g/mol. The highest BCUT2D eigenvalue weighted by molar-refractivity contribution is 5.96. The van der Waals surface area contributed by atoms with Crippen LogP contribution in [0, 0.1) is 0 Å². The van der Waals surface area contributed by atoms with Crippen molar-refractivity contribution in [3.05, 3.63) is 30.3 Å². The Balaban J connectivity index is 1.47. The fourth-order valence-electron chi connectivity index (χ4n) is 5.34. The predicted molar refractivity (Wildman–Crippen MR) is 123 cm³/mol. The van der Waals surface area contributed by atoms with Gasteiger partial charge in [0.15, 0.2) is 0 Å². The molecule has 0 radical (unpaired) electrons. The average molecular weight is 442 g/mol. The Morgan fingerprint density at radius 3 is 2.41 bits per heavy atom. The zero-order valence-electron chi connectivity index (χ0n) is 19.0. The number of para-hydroxylation sites is 1. The molecule has 2 heterocycles. The van der Waals surface area contributed by atoms with Gasteiger partial charge < -0.3 is 25.3 Å². The van der Waals surface area contributed by atoms with Gasteiger partial charge in [0.2, 0.25) is 5.91 Å². The average Bonchev–Trinajstić information content (AvgIpc) is 3.07. The van der Waals surface area contributed by atoms with Crippen LogP contribution in [0.1, 0.15) is 51.9 Å². The highest BCUT2D eigenvalue weighted by Crippen LogP contribution is 2.39. The molecular formula is C24H35N5O3. The zero-order chi connectivity index (χ0) is 22.6. The van der Waals surface area contributed by atoms with E-state index in [1.165, 1.54) is 19.3 Å². The lowest BCUT2D eigenvalue weighted by Gasteiger charge is -2.43. The number of hydrogen-bond acceptors (Lipinski definition) is 4. The molecule has 3 fully saturated rings. The lowest BCUT2D eigenvalue weighted by Crippen LogP contribution is -2.59. The summed E-state index contributed by atoms with van der Waals surface area (Å²) in [6, 6.07) is 10.2. The standard InChI is InChI=1S/C24H35N5O3/c1-2-25-21(30)17-28-18-29(20-11-7-4-8-12-20)24(22(28)31)13-15-27(16-14-24)23(32)26-19-9-5-3-6-10-19/h4,7-8,11-12,19H,2-3,5-6,9-10,13-18H2,1H3,(H,25,30)(H,26,32). The summed E-state index contributed by atoms with van der Waals surface area (Å²) in [5.41, 5.74) is 0.259. The Bertz CT molecular complexity index is 816. The van der Waals surface area contributed by atoms with E-state index in [1.54, 1.807) is 4.90 Å². The van der Waals surface area contributed by atoms with Gasteiger partial charge >= 0.3 is 6.03 Å². The van der Waals surface area contributed by atoms with E-state index in [0.717, 1.165) is 18.5 Å². The van der Waals surface area contributed by atoms with E-state index in [1.807, 2.05) is 42.2 Å². The molecule has 2 N–H and O–H groups in total. The molecule has 8 heteroatoms. The molecule has 8 nitrogen and oxygen atoms in total. The number of hydrogen-bond donors (Lipinski definition) is 2. The first kappa shape index (κ1) is 22.4. The lowest BCUT2D eigenvalue weighted by atomic mass is 9.85. The third kappa shape index (κ3) is 4.54. The van der Waals surface area contributed by atoms with Crippen LogP contribution in [0.3, 0.4) is 0 Å². The van der Waals surface area contributed by atoms with Gasteiger partial charge in [0.05, 0.1) is 6.67 Å². The molecule has 1 aromatic carbocycles. The number of likely N-dealkylation sites (tertiary alicyclic amines) is 1. The van der Waals surface area contributed by atoms with Gasteiger partial charge in [0.1, 0.15) is 12.1 Å². The van der Waals surface area contributed by atoms with E-state index >= 15 is 0 Å². The number of rotatable bonds is 5. The van der Waals surface area contributed by atoms with Crippen LogP contribution in [0.5, 0.6) is 0 Å². The summed E-state index contributed by atoms with van der Waals surface area (Å²) in [5, 5.41) is 5.98. The molecule has 0 unspecified atom stereocenters. The van der Waals surface area contributed by atoms with Crippen LogP contribution in [0.4, 0.5) is 10.5 Å². The van der Waals surface area contributed by atoms with E-state index in [2.05, 4.69) is 15.5 Å². The smallest absolute Gasteiger partial charge is 0.317 e. The summed E-state index contributed by atoms with van der Waals surface area (Å²) in [5.74, 6) is -0.157. The molecule has 2 aliphatic heterocycles. The van der Waals surface area contributed by atoms with Crippen LogP contribution in [0.25, 0.3) is 0 Å². The maximum absolute atomic E-state index is 13.6. The second-order valence-electron chi connectivity index (χ2n) is 9.16. The first-order chi connectivity index (χ1) is 15.5. The van der Waals surface area contributed by atoms with Gasteiger partial charge in [-0.15, -0.1) is 0 Å². The quantitative estimate of drug-likeness (QED) is 0.734. The van der Waals surface area contributed by atoms with Gasteiger partial charge in [0.25, 0.3) is 5.91 Å². The number of benzene rings is 1. The highest BCUT2D eigenvalue weighted by atomic mass is 16.2. The van der Waals surface area contributed by atoms with Crippen LogP contribution in [-0.2, 0) is 9.59 Å². The molecule has 1 aliphatic carbocycles. The second-order valence-corrected chi connectivity index (χ2v) is 9.16. The maximum atomic E-state index is 13.6. The summed E-state index contributed by atoms with van der Waals surface area (Å²) in [7, 11) is 0. The zero-order valence-corrected chi connectivity index (χ0v) is 19.0. The van der Waals surface area contributed by atoms with Crippen molar-refractivity contribution in [2.45, 2.75) is 63.5 Å². The molecule has 4 rings (SSSR count). The fraction of sp³-hybridized carbons (Fsp3) is 0.625. The van der Waals surface area contributed by atoms with Crippen molar-refractivity contribution in [2.75, 3.05) is 37.7 Å². The van der Waals surface area contributed by atoms with E-state index in [9.17, 15) is 14.4 Å². The summed E-state index contributed by atoms with van der Waals surface area (Å²) in [4.78, 5) is 44.3. The number of urea groups is 1. The molecule has 0 bridgehead atoms. The number of piperidine rings is 1. The predicted octanol–water partition coefficient (Wildman–Crippen LogP) is 2.31. The SMILES string of the molecule is CCNC(=O)CN1CN(c2ccccc2)C2(CCN(C(=O)NC3CCCCC3)CC2)C1=O. The summed E-state index contributed by atoms with van der Waals surface area (Å²) >= 11 is 0. The Labute approximate surface area is 190 Å². The summed E-state index contributed by atoms with van der Waals surface area (Å²) in [6.45, 7) is 3.91. The van der Waals surface area contributed by atoms with Crippen molar-refractivity contribution in [3.8, 4) is 0 Å². The van der Waals surface area contributed by atoms with Crippen LogP contribution in [0.15, 0.2) is 30.3 Å². The van der Waals surface area contributed by atoms with Gasteiger partial charge in [-0.25, -0.2) is 4.79 Å². The Kier molecular flexibility index (Phi) is 6.86. The topological polar surface area (TPSA) is 85.0 Å². The van der Waals surface area contributed by atoms with Gasteiger partial charge in [-0.2, -0.15) is 0 Å². The third-order valence-electron chi connectivity index (χ3n) is 7.10. The van der Waals surface area contributed by atoms with Gasteiger partial charge in [-0.3, -0.25) is 9.59 Å². The second kappa shape index (κ2) is 9.79. The number of nitrogens with one attached hydrogen (secondary N) is 2. The van der Waals surface area contributed by atoms with Crippen molar-refractivity contribution >= 4 is 23.5 Å². The van der Waals surface area contributed by atoms with Crippen molar-refractivity contribution < 1.29 is 14.4 Å².